The monoisotopic (exact) mass is 1320 g/mol. The lowest BCUT2D eigenvalue weighted by Gasteiger charge is -2.53. The van der Waals surface area contributed by atoms with Crippen LogP contribution < -0.4 is 5.32 Å². The summed E-state index contributed by atoms with van der Waals surface area (Å²) < 4.78 is 233. The van der Waals surface area contributed by atoms with E-state index in [0.717, 1.165) is 9.87 Å². The highest BCUT2D eigenvalue weighted by Gasteiger charge is 2.58. The van der Waals surface area contributed by atoms with E-state index in [-0.39, 0.29) is 109 Å². The van der Waals surface area contributed by atoms with Crippen LogP contribution in [0.4, 0.5) is 57.5 Å². The highest BCUT2D eigenvalue weighted by molar-refractivity contribution is 7.89. The Morgan fingerprint density at radius 3 is 1.36 bits per heavy atom. The molecule has 0 radical (unpaired) electrons. The Morgan fingerprint density at radius 2 is 0.967 bits per heavy atom. The van der Waals surface area contributed by atoms with E-state index in [1.807, 2.05) is 0 Å². The third-order valence-corrected chi connectivity index (χ3v) is 20.5. The van der Waals surface area contributed by atoms with Crippen molar-refractivity contribution in [3.63, 3.8) is 0 Å². The molecule has 1 N–H and O–H groups in total. The number of hydrogen-bond donors (Lipinski definition) is 1. The number of amides is 1. The minimum Gasteiger partial charge on any atom is -0.445 e. The Kier molecular flexibility index (Phi) is 22.1. The predicted molar refractivity (Wildman–Crippen MR) is 308 cm³/mol. The smallest absolute Gasteiger partial charge is 0.416 e. The Hall–Kier alpha value is -6.79. The molecule has 4 heterocycles. The number of halogens is 12. The molecule has 14 nitrogen and oxygen atoms in total. The molecule has 0 saturated carbocycles. The first-order chi connectivity index (χ1) is 41.1. The third kappa shape index (κ3) is 15.7. The summed E-state index contributed by atoms with van der Waals surface area (Å²) in [5.41, 5.74) is -10.1. The summed E-state index contributed by atoms with van der Waals surface area (Å²) in [6.07, 6.45) is -22.5. The number of likely N-dealkylation sites (tertiary alicyclic amines) is 1. The van der Waals surface area contributed by atoms with Crippen LogP contribution in [0.15, 0.2) is 127 Å². The molecule has 4 fully saturated rings. The minimum absolute atomic E-state index is 0. The molecule has 5 aromatic rings. The number of rotatable bonds is 14. The molecule has 0 unspecified atom stereocenters. The number of alkyl halides is 12. The van der Waals surface area contributed by atoms with Crippen LogP contribution in [0.25, 0.3) is 0 Å². The summed E-state index contributed by atoms with van der Waals surface area (Å²) in [6, 6.07) is 32.8. The number of carbonyl (C=O) groups is 1. The number of nitrogens with one attached hydrogen (secondary N) is 1. The van der Waals surface area contributed by atoms with E-state index in [0.29, 0.717) is 41.8 Å². The predicted octanol–water partition coefficient (Wildman–Crippen LogP) is 14.1. The second-order valence-electron chi connectivity index (χ2n) is 22.2. The van der Waals surface area contributed by atoms with Crippen LogP contribution in [0, 0.1) is 22.7 Å². The summed E-state index contributed by atoms with van der Waals surface area (Å²) in [5.74, 6) is -0.214. The molecule has 1 amide bonds. The number of carbonyl (C=O) groups excluding carboxylic acids is 1. The van der Waals surface area contributed by atoms with Crippen LogP contribution in [0.1, 0.15) is 130 Å². The van der Waals surface area contributed by atoms with E-state index >= 15 is 0 Å². The van der Waals surface area contributed by atoms with Gasteiger partial charge in [-0.2, -0.15) is 71.8 Å². The normalized spacial score (nSPS) is 24.4. The molecule has 0 spiro atoms. The number of hydrogen-bond acceptors (Lipinski definition) is 11. The second kappa shape index (κ2) is 27.6. The lowest BCUT2D eigenvalue weighted by atomic mass is 9.75. The minimum atomic E-state index is -5.07. The van der Waals surface area contributed by atoms with E-state index in [9.17, 15) is 84.8 Å². The Labute approximate surface area is 515 Å². The fourth-order valence-electron chi connectivity index (χ4n) is 11.6. The van der Waals surface area contributed by atoms with Gasteiger partial charge in [0, 0.05) is 19.6 Å². The van der Waals surface area contributed by atoms with Gasteiger partial charge in [-0.15, -0.1) is 0 Å². The molecular weight excluding hydrogens is 1250 g/mol. The second-order valence-corrected chi connectivity index (χ2v) is 26.2. The molecule has 6 atom stereocenters. The summed E-state index contributed by atoms with van der Waals surface area (Å²) in [4.78, 5) is 15.3. The van der Waals surface area contributed by atoms with Crippen molar-refractivity contribution in [1.82, 2.24) is 18.8 Å². The molecule has 0 bridgehead atoms. The summed E-state index contributed by atoms with van der Waals surface area (Å²) in [7, 11) is -7.44. The summed E-state index contributed by atoms with van der Waals surface area (Å²) in [6.45, 7) is 1.71. The van der Waals surface area contributed by atoms with Gasteiger partial charge in [0.05, 0.1) is 88.9 Å². The van der Waals surface area contributed by atoms with Gasteiger partial charge in [-0.25, -0.2) is 21.6 Å². The standard InChI is InChI=1S/C34H33F6N3O5S.C26H27F6N3O3S.2CH4/c1-24(26-17-28(33(35,36)37)19-29(18-26)34(38,39)40)48-23-32(27-11-6-3-7-12-27)14-13-31(21-41,43-15-8-16-49(43,45)46)22-42(32)30(44)47-20-25-9-4-2-5-10-25;1-18(19-12-21(25(27,28)29)14-22(13-19)26(30,31)32)38-17-24(20-6-3-2-4-7-20)9-8-23(15-33,16-34-24)35-10-5-11-39(35,36)37;;/h2-7,9-12,17-19,24H,8,13-16,20,22-23H2,1H3;2-4,6-7,12-14,18,34H,5,8-11,16-17H2,1H3;2*1H4/t24-,31-,32-;18-,23-,24-;;/m11../s1. The topological polar surface area (TPSA) is 182 Å². The van der Waals surface area contributed by atoms with Gasteiger partial charge in [-0.3, -0.25) is 4.90 Å². The molecule has 5 aromatic carbocycles. The van der Waals surface area contributed by atoms with Crippen LogP contribution in [0.2, 0.25) is 0 Å². The fourth-order valence-corrected chi connectivity index (χ4v) is 15.3. The zero-order valence-corrected chi connectivity index (χ0v) is 48.9. The number of ether oxygens (including phenoxy) is 3. The van der Waals surface area contributed by atoms with Gasteiger partial charge in [-0.1, -0.05) is 106 Å². The van der Waals surface area contributed by atoms with Crippen LogP contribution in [-0.2, 0) is 76.6 Å². The van der Waals surface area contributed by atoms with Crippen LogP contribution in [0.3, 0.4) is 0 Å². The Bertz CT molecular complexity index is 3540. The zero-order valence-electron chi connectivity index (χ0n) is 47.2. The Balaban J connectivity index is 0.000000287. The number of piperidine rings is 2. The van der Waals surface area contributed by atoms with Gasteiger partial charge in [0.1, 0.15) is 17.7 Å². The number of sulfonamides is 2. The molecule has 4 saturated heterocycles. The molecule has 4 aliphatic heterocycles. The van der Waals surface area contributed by atoms with Gasteiger partial charge in [0.2, 0.25) is 20.0 Å². The highest BCUT2D eigenvalue weighted by atomic mass is 32.2. The first-order valence-electron chi connectivity index (χ1n) is 27.6. The van der Waals surface area contributed by atoms with Gasteiger partial charge >= 0.3 is 30.8 Å². The maximum Gasteiger partial charge on any atom is 0.416 e. The van der Waals surface area contributed by atoms with E-state index < -0.39 is 126 Å². The van der Waals surface area contributed by atoms with E-state index in [1.165, 1.54) is 23.1 Å². The van der Waals surface area contributed by atoms with Crippen molar-refractivity contribution >= 4 is 26.1 Å². The molecule has 28 heteroatoms. The molecule has 0 aliphatic carbocycles. The van der Waals surface area contributed by atoms with E-state index in [2.05, 4.69) is 17.5 Å². The van der Waals surface area contributed by atoms with E-state index in [1.54, 1.807) is 91.0 Å². The molecular formula is C62H68F12N6O8S2. The van der Waals surface area contributed by atoms with Crippen molar-refractivity contribution in [3.8, 4) is 12.1 Å². The molecule has 9 rings (SSSR count). The first kappa shape index (κ1) is 72.3. The van der Waals surface area contributed by atoms with Crippen molar-refractivity contribution < 1.29 is 88.5 Å². The average molecular weight is 1320 g/mol. The molecule has 4 aliphatic rings. The van der Waals surface area contributed by atoms with Crippen LogP contribution in [-0.4, -0.2) is 98.4 Å². The molecule has 0 aromatic heterocycles. The van der Waals surface area contributed by atoms with Crippen molar-refractivity contribution in [2.75, 3.05) is 50.9 Å². The maximum absolute atomic E-state index is 14.1. The van der Waals surface area contributed by atoms with Crippen molar-refractivity contribution in [1.29, 1.82) is 10.5 Å². The number of nitrogens with zero attached hydrogens (tertiary/aromatic N) is 5. The zero-order chi connectivity index (χ0) is 64.4. The van der Waals surface area contributed by atoms with E-state index in [4.69, 9.17) is 14.2 Å². The van der Waals surface area contributed by atoms with Gasteiger partial charge in [-0.05, 0) is 117 Å². The molecule has 490 valence electrons. The summed E-state index contributed by atoms with van der Waals surface area (Å²) in [5, 5.41) is 23.8. The van der Waals surface area contributed by atoms with Crippen molar-refractivity contribution in [2.45, 2.75) is 133 Å². The van der Waals surface area contributed by atoms with Crippen LogP contribution >= 0.6 is 0 Å². The average Bonchev–Trinajstić information content (AvgIpc) is 1.15. The van der Waals surface area contributed by atoms with Crippen molar-refractivity contribution in [3.05, 3.63) is 177 Å². The largest absolute Gasteiger partial charge is 0.445 e. The first-order valence-corrected chi connectivity index (χ1v) is 30.8. The van der Waals surface area contributed by atoms with Crippen molar-refractivity contribution in [2.24, 2.45) is 0 Å². The number of benzene rings is 5. The quantitative estimate of drug-likeness (QED) is 0.104. The van der Waals surface area contributed by atoms with Crippen LogP contribution in [0.5, 0.6) is 0 Å². The SMILES string of the molecule is C.C.C[C@@H](OC[C@@]1(c2ccccc2)CC[C@](C#N)(N2CCCS2(=O)=O)CN1)c1cc(C(F)(F)F)cc(C(F)(F)F)c1.C[C@@H](OC[C@@]1(c2ccccc2)CC[C@](C#N)(N2CCCS2(=O)=O)CN1C(=O)OCc1ccccc1)c1cc(C(F)(F)F)cc(C(F)(F)F)c1. The lowest BCUT2D eigenvalue weighted by molar-refractivity contribution is -0.145. The Morgan fingerprint density at radius 1 is 0.567 bits per heavy atom. The highest BCUT2D eigenvalue weighted by Crippen LogP contribution is 2.48. The van der Waals surface area contributed by atoms with Gasteiger partial charge in [0.15, 0.2) is 0 Å². The fraction of sp³-hybridized carbons (Fsp3) is 0.468. The third-order valence-electron chi connectivity index (χ3n) is 16.5. The molecule has 90 heavy (non-hydrogen) atoms. The lowest BCUT2D eigenvalue weighted by Crippen LogP contribution is -2.66. The van der Waals surface area contributed by atoms with Gasteiger partial charge in [0.25, 0.3) is 0 Å². The van der Waals surface area contributed by atoms with Gasteiger partial charge < -0.3 is 19.5 Å². The maximum atomic E-state index is 14.1. The number of nitriles is 2. The summed E-state index contributed by atoms with van der Waals surface area (Å²) >= 11 is 0.